The van der Waals surface area contributed by atoms with Crippen molar-refractivity contribution in [3.05, 3.63) is 35.4 Å². The van der Waals surface area contributed by atoms with Crippen LogP contribution in [0.15, 0.2) is 24.3 Å². The van der Waals surface area contributed by atoms with E-state index in [-0.39, 0.29) is 11.1 Å². The van der Waals surface area contributed by atoms with Crippen LogP contribution in [0.5, 0.6) is 0 Å². The smallest absolute Gasteiger partial charge is 0.330 e. The summed E-state index contributed by atoms with van der Waals surface area (Å²) in [4.78, 5) is 47.5. The first-order chi connectivity index (χ1) is 9.84. The summed E-state index contributed by atoms with van der Waals surface area (Å²) in [6, 6.07) is 4.49. The van der Waals surface area contributed by atoms with Gasteiger partial charge in [-0.2, -0.15) is 0 Å². The lowest BCUT2D eigenvalue weighted by molar-refractivity contribution is -0.155. The van der Waals surface area contributed by atoms with Gasteiger partial charge in [-0.05, 0) is 19.1 Å². The number of nitrogens with zero attached hydrogens (tertiary/aromatic N) is 1. The van der Waals surface area contributed by atoms with Gasteiger partial charge in [0.25, 0.3) is 11.8 Å². The Kier molecular flexibility index (Phi) is 3.75. The van der Waals surface area contributed by atoms with Crippen LogP contribution in [-0.2, 0) is 14.3 Å². The van der Waals surface area contributed by atoms with E-state index in [4.69, 9.17) is 4.74 Å². The Labute approximate surface area is 120 Å². The highest BCUT2D eigenvalue weighted by Gasteiger charge is 2.46. The van der Waals surface area contributed by atoms with Gasteiger partial charge in [-0.15, -0.1) is 0 Å². The molecule has 0 bridgehead atoms. The number of hydrogen-bond donors (Lipinski definition) is 1. The number of imide groups is 1. The van der Waals surface area contributed by atoms with Crippen molar-refractivity contribution in [3.8, 4) is 0 Å². The van der Waals surface area contributed by atoms with Gasteiger partial charge >= 0.3 is 11.9 Å². The summed E-state index contributed by atoms with van der Waals surface area (Å²) in [6.45, 7) is 2.45. The van der Waals surface area contributed by atoms with Crippen LogP contribution >= 0.6 is 0 Å². The number of carbonyl (C=O) groups is 4. The van der Waals surface area contributed by atoms with Gasteiger partial charge < -0.3 is 9.84 Å². The molecule has 1 aromatic carbocycles. The van der Waals surface area contributed by atoms with Crippen LogP contribution in [0, 0.1) is 0 Å². The lowest BCUT2D eigenvalue weighted by Crippen LogP contribution is -2.51. The summed E-state index contributed by atoms with van der Waals surface area (Å²) in [5.41, 5.74) is 0.285. The van der Waals surface area contributed by atoms with Crippen LogP contribution in [-0.4, -0.2) is 45.9 Å². The zero-order valence-electron chi connectivity index (χ0n) is 11.4. The van der Waals surface area contributed by atoms with Gasteiger partial charge in [-0.3, -0.25) is 19.3 Å². The summed E-state index contributed by atoms with van der Waals surface area (Å²) >= 11 is 0. The Balaban J connectivity index is 2.40. The van der Waals surface area contributed by atoms with Crippen molar-refractivity contribution < 1.29 is 29.0 Å². The number of carboxylic acid groups (broad SMARTS) is 1. The van der Waals surface area contributed by atoms with E-state index < -0.39 is 35.9 Å². The summed E-state index contributed by atoms with van der Waals surface area (Å²) in [5.74, 6) is -3.52. The molecule has 2 amide bonds. The second kappa shape index (κ2) is 5.35. The van der Waals surface area contributed by atoms with E-state index in [1.54, 1.807) is 12.1 Å². The molecule has 2 atom stereocenters. The van der Waals surface area contributed by atoms with Gasteiger partial charge in [0.05, 0.1) is 11.1 Å². The standard InChI is InChI=1S/C14H13NO6/c1-7(21-8(2)16)11(14(19)20)15-12(17)9-5-3-4-6-10(9)13(15)18/h3-7,11H,1-2H3,(H,19,20)/t7-,11-/m0/s1. The van der Waals surface area contributed by atoms with Gasteiger partial charge in [0, 0.05) is 6.92 Å². The molecule has 7 nitrogen and oxygen atoms in total. The molecule has 0 spiro atoms. The van der Waals surface area contributed by atoms with E-state index >= 15 is 0 Å². The topological polar surface area (TPSA) is 101 Å². The molecule has 0 unspecified atom stereocenters. The van der Waals surface area contributed by atoms with E-state index in [2.05, 4.69) is 0 Å². The zero-order chi connectivity index (χ0) is 15.7. The average molecular weight is 291 g/mol. The van der Waals surface area contributed by atoms with Crippen molar-refractivity contribution in [2.75, 3.05) is 0 Å². The number of carbonyl (C=O) groups excluding carboxylic acids is 3. The van der Waals surface area contributed by atoms with Crippen molar-refractivity contribution in [2.24, 2.45) is 0 Å². The molecule has 0 saturated carbocycles. The van der Waals surface area contributed by atoms with Crippen molar-refractivity contribution in [3.63, 3.8) is 0 Å². The lowest BCUT2D eigenvalue weighted by atomic mass is 10.1. The third-order valence-electron chi connectivity index (χ3n) is 3.15. The molecule has 0 aliphatic carbocycles. The normalized spacial score (nSPS) is 16.4. The maximum absolute atomic E-state index is 12.2. The molecule has 1 aliphatic rings. The van der Waals surface area contributed by atoms with Crippen LogP contribution in [0.1, 0.15) is 34.6 Å². The third kappa shape index (κ3) is 2.49. The van der Waals surface area contributed by atoms with E-state index in [0.29, 0.717) is 4.90 Å². The second-order valence-corrected chi connectivity index (χ2v) is 4.62. The Morgan fingerprint density at radius 1 is 1.14 bits per heavy atom. The minimum Gasteiger partial charge on any atom is -0.480 e. The summed E-state index contributed by atoms with van der Waals surface area (Å²) in [6.07, 6.45) is -1.15. The number of fused-ring (bicyclic) bond motifs is 1. The number of ether oxygens (including phenoxy) is 1. The van der Waals surface area contributed by atoms with E-state index in [1.165, 1.54) is 19.1 Å². The molecule has 21 heavy (non-hydrogen) atoms. The largest absolute Gasteiger partial charge is 0.480 e. The maximum atomic E-state index is 12.2. The predicted molar refractivity (Wildman–Crippen MR) is 69.6 cm³/mol. The number of benzene rings is 1. The van der Waals surface area contributed by atoms with E-state index in [9.17, 15) is 24.3 Å². The summed E-state index contributed by atoms with van der Waals surface area (Å²) in [7, 11) is 0. The molecular weight excluding hydrogens is 278 g/mol. The molecular formula is C14H13NO6. The highest BCUT2D eigenvalue weighted by Crippen LogP contribution is 2.26. The fourth-order valence-corrected chi connectivity index (χ4v) is 2.31. The van der Waals surface area contributed by atoms with E-state index in [0.717, 1.165) is 6.92 Å². The molecule has 1 aliphatic heterocycles. The summed E-state index contributed by atoms with van der Waals surface area (Å²) < 4.78 is 4.82. The van der Waals surface area contributed by atoms with E-state index in [1.807, 2.05) is 0 Å². The highest BCUT2D eigenvalue weighted by molar-refractivity contribution is 6.22. The van der Waals surface area contributed by atoms with Crippen LogP contribution in [0.4, 0.5) is 0 Å². The number of amides is 2. The van der Waals surface area contributed by atoms with Gasteiger partial charge in [0.2, 0.25) is 0 Å². The third-order valence-corrected chi connectivity index (χ3v) is 3.15. The number of hydrogen-bond acceptors (Lipinski definition) is 5. The molecule has 7 heteroatoms. The number of rotatable bonds is 4. The highest BCUT2D eigenvalue weighted by atomic mass is 16.5. The molecule has 1 aromatic rings. The van der Waals surface area contributed by atoms with Crippen LogP contribution in [0.25, 0.3) is 0 Å². The molecule has 0 radical (unpaired) electrons. The molecule has 110 valence electrons. The molecule has 1 heterocycles. The minimum atomic E-state index is -1.57. The zero-order valence-corrected chi connectivity index (χ0v) is 11.4. The monoisotopic (exact) mass is 291 g/mol. The molecule has 1 N–H and O–H groups in total. The Morgan fingerprint density at radius 3 is 2.00 bits per heavy atom. The first-order valence-corrected chi connectivity index (χ1v) is 6.21. The predicted octanol–water partition coefficient (Wildman–Crippen LogP) is 0.687. The fourth-order valence-electron chi connectivity index (χ4n) is 2.31. The molecule has 0 aromatic heterocycles. The average Bonchev–Trinajstić information content (AvgIpc) is 2.64. The molecule has 2 rings (SSSR count). The molecule has 0 saturated heterocycles. The summed E-state index contributed by atoms with van der Waals surface area (Å²) in [5, 5.41) is 9.29. The van der Waals surface area contributed by atoms with Crippen molar-refractivity contribution in [2.45, 2.75) is 26.0 Å². The van der Waals surface area contributed by atoms with Crippen molar-refractivity contribution in [1.29, 1.82) is 0 Å². The van der Waals surface area contributed by atoms with Gasteiger partial charge in [-0.25, -0.2) is 4.79 Å². The Hall–Kier alpha value is -2.70. The number of carboxylic acids is 1. The number of esters is 1. The van der Waals surface area contributed by atoms with Gasteiger partial charge in [-0.1, -0.05) is 12.1 Å². The first-order valence-electron chi connectivity index (χ1n) is 6.21. The van der Waals surface area contributed by atoms with Crippen molar-refractivity contribution >= 4 is 23.8 Å². The van der Waals surface area contributed by atoms with Gasteiger partial charge in [0.1, 0.15) is 6.10 Å². The first kappa shape index (κ1) is 14.7. The van der Waals surface area contributed by atoms with Crippen LogP contribution in [0.2, 0.25) is 0 Å². The minimum absolute atomic E-state index is 0.142. The SMILES string of the molecule is CC(=O)O[C@@H](C)[C@@H](C(=O)O)N1C(=O)c2ccccc2C1=O. The molecule has 0 fully saturated rings. The van der Waals surface area contributed by atoms with Gasteiger partial charge in [0.15, 0.2) is 6.04 Å². The quantitative estimate of drug-likeness (QED) is 0.647. The van der Waals surface area contributed by atoms with Crippen molar-refractivity contribution in [1.82, 2.24) is 4.90 Å². The maximum Gasteiger partial charge on any atom is 0.330 e. The number of aliphatic carboxylic acids is 1. The Bertz CT molecular complexity index is 603. The second-order valence-electron chi connectivity index (χ2n) is 4.62. The fraction of sp³-hybridized carbons (Fsp3) is 0.286. The Morgan fingerprint density at radius 2 is 1.62 bits per heavy atom. The lowest BCUT2D eigenvalue weighted by Gasteiger charge is -2.27. The van der Waals surface area contributed by atoms with Crippen LogP contribution in [0.3, 0.4) is 0 Å². The van der Waals surface area contributed by atoms with Crippen LogP contribution < -0.4 is 0 Å².